The van der Waals surface area contributed by atoms with Gasteiger partial charge in [0.25, 0.3) is 0 Å². The molecule has 1 nitrogen and oxygen atoms in total. The van der Waals surface area contributed by atoms with Crippen LogP contribution in [0.2, 0.25) is 0 Å². The maximum Gasteiger partial charge on any atom is 0.0147 e. The van der Waals surface area contributed by atoms with E-state index in [1.807, 2.05) is 0 Å². The van der Waals surface area contributed by atoms with Crippen LogP contribution < -0.4 is 5.32 Å². The van der Waals surface area contributed by atoms with E-state index in [1.165, 1.54) is 64.3 Å². The standard InChI is InChI=1S/C16H31N/c1-4-6-7-8-12-15(10-5-2)16-14(3)11-9-13-17-16/h15,17H,4-13H2,1-3H3. The van der Waals surface area contributed by atoms with Crippen molar-refractivity contribution in [1.82, 2.24) is 5.32 Å². The Morgan fingerprint density at radius 1 is 1.06 bits per heavy atom. The summed E-state index contributed by atoms with van der Waals surface area (Å²) >= 11 is 0. The molecule has 0 aromatic carbocycles. The van der Waals surface area contributed by atoms with Crippen LogP contribution in [0.15, 0.2) is 11.3 Å². The summed E-state index contributed by atoms with van der Waals surface area (Å²) in [5.74, 6) is 0.817. The Hall–Kier alpha value is -0.460. The summed E-state index contributed by atoms with van der Waals surface area (Å²) in [6.07, 6.45) is 12.3. The molecule has 0 radical (unpaired) electrons. The summed E-state index contributed by atoms with van der Waals surface area (Å²) in [6.45, 7) is 8.13. The molecule has 0 amide bonds. The molecule has 0 aliphatic carbocycles. The molecule has 1 rings (SSSR count). The molecular formula is C16H31N. The lowest BCUT2D eigenvalue weighted by Gasteiger charge is -2.27. The second-order valence-electron chi connectivity index (χ2n) is 5.56. The minimum atomic E-state index is 0.817. The average molecular weight is 237 g/mol. The third-order valence-electron chi connectivity index (χ3n) is 3.96. The molecule has 1 atom stereocenters. The van der Waals surface area contributed by atoms with Gasteiger partial charge in [0, 0.05) is 12.2 Å². The molecule has 0 saturated carbocycles. The molecular weight excluding hydrogens is 206 g/mol. The van der Waals surface area contributed by atoms with Crippen LogP contribution in [0.5, 0.6) is 0 Å². The van der Waals surface area contributed by atoms with Gasteiger partial charge in [0.05, 0.1) is 0 Å². The predicted octanol–water partition coefficient (Wildman–Crippen LogP) is 5.03. The summed E-state index contributed by atoms with van der Waals surface area (Å²) in [6, 6.07) is 0. The summed E-state index contributed by atoms with van der Waals surface area (Å²) in [7, 11) is 0. The van der Waals surface area contributed by atoms with Crippen molar-refractivity contribution in [3.63, 3.8) is 0 Å². The maximum atomic E-state index is 3.67. The highest BCUT2D eigenvalue weighted by atomic mass is 14.9. The molecule has 1 aliphatic rings. The fourth-order valence-corrected chi connectivity index (χ4v) is 2.95. The van der Waals surface area contributed by atoms with Crippen molar-refractivity contribution >= 4 is 0 Å². The lowest BCUT2D eigenvalue weighted by Crippen LogP contribution is -2.26. The van der Waals surface area contributed by atoms with Crippen molar-refractivity contribution < 1.29 is 0 Å². The lowest BCUT2D eigenvalue weighted by molar-refractivity contribution is 0.434. The molecule has 0 aromatic heterocycles. The van der Waals surface area contributed by atoms with Gasteiger partial charge in [0.1, 0.15) is 0 Å². The molecule has 1 heteroatoms. The van der Waals surface area contributed by atoms with Gasteiger partial charge in [-0.3, -0.25) is 0 Å². The zero-order valence-corrected chi connectivity index (χ0v) is 12.1. The summed E-state index contributed by atoms with van der Waals surface area (Å²) in [4.78, 5) is 0. The topological polar surface area (TPSA) is 12.0 Å². The Kier molecular flexibility index (Phi) is 7.39. The van der Waals surface area contributed by atoms with Crippen molar-refractivity contribution in [3.05, 3.63) is 11.3 Å². The highest BCUT2D eigenvalue weighted by molar-refractivity contribution is 5.16. The van der Waals surface area contributed by atoms with Crippen molar-refractivity contribution in [2.45, 2.75) is 78.6 Å². The van der Waals surface area contributed by atoms with Crippen LogP contribution in [0.4, 0.5) is 0 Å². The van der Waals surface area contributed by atoms with Gasteiger partial charge in [-0.2, -0.15) is 0 Å². The SMILES string of the molecule is CCCCCCC(CCC)C1=C(C)CCCN1. The smallest absolute Gasteiger partial charge is 0.0147 e. The van der Waals surface area contributed by atoms with Gasteiger partial charge in [-0.15, -0.1) is 0 Å². The minimum Gasteiger partial charge on any atom is -0.388 e. The molecule has 0 fully saturated rings. The number of hydrogen-bond acceptors (Lipinski definition) is 1. The summed E-state index contributed by atoms with van der Waals surface area (Å²) in [5.41, 5.74) is 3.24. The molecule has 1 heterocycles. The van der Waals surface area contributed by atoms with Gasteiger partial charge >= 0.3 is 0 Å². The summed E-state index contributed by atoms with van der Waals surface area (Å²) < 4.78 is 0. The number of hydrogen-bond donors (Lipinski definition) is 1. The van der Waals surface area contributed by atoms with E-state index in [4.69, 9.17) is 0 Å². The van der Waals surface area contributed by atoms with E-state index in [2.05, 4.69) is 26.1 Å². The fraction of sp³-hybridized carbons (Fsp3) is 0.875. The second-order valence-corrected chi connectivity index (χ2v) is 5.56. The third-order valence-corrected chi connectivity index (χ3v) is 3.96. The monoisotopic (exact) mass is 237 g/mol. The first-order valence-corrected chi connectivity index (χ1v) is 7.73. The van der Waals surface area contributed by atoms with E-state index in [9.17, 15) is 0 Å². The van der Waals surface area contributed by atoms with E-state index >= 15 is 0 Å². The fourth-order valence-electron chi connectivity index (χ4n) is 2.95. The maximum absolute atomic E-state index is 3.67. The van der Waals surface area contributed by atoms with Crippen molar-refractivity contribution in [2.24, 2.45) is 5.92 Å². The quantitative estimate of drug-likeness (QED) is 0.584. The van der Waals surface area contributed by atoms with Gasteiger partial charge in [0.15, 0.2) is 0 Å². The van der Waals surface area contributed by atoms with E-state index in [-0.39, 0.29) is 0 Å². The largest absolute Gasteiger partial charge is 0.388 e. The molecule has 1 unspecified atom stereocenters. The first-order chi connectivity index (χ1) is 8.29. The predicted molar refractivity (Wildman–Crippen MR) is 77.1 cm³/mol. The van der Waals surface area contributed by atoms with Crippen LogP contribution in [0.25, 0.3) is 0 Å². The van der Waals surface area contributed by atoms with Crippen LogP contribution in [0.1, 0.15) is 78.6 Å². The third kappa shape index (κ3) is 5.14. The van der Waals surface area contributed by atoms with Crippen LogP contribution in [0, 0.1) is 5.92 Å². The Balaban J connectivity index is 2.46. The highest BCUT2D eigenvalue weighted by Gasteiger charge is 2.17. The molecule has 0 bridgehead atoms. The Morgan fingerprint density at radius 3 is 2.53 bits per heavy atom. The number of unbranched alkanes of at least 4 members (excludes halogenated alkanes) is 3. The van der Waals surface area contributed by atoms with Crippen LogP contribution in [-0.2, 0) is 0 Å². The Bertz CT molecular complexity index is 230. The Morgan fingerprint density at radius 2 is 1.88 bits per heavy atom. The van der Waals surface area contributed by atoms with Crippen molar-refractivity contribution in [2.75, 3.05) is 6.54 Å². The molecule has 0 spiro atoms. The zero-order valence-electron chi connectivity index (χ0n) is 12.1. The normalized spacial score (nSPS) is 18.1. The summed E-state index contributed by atoms with van der Waals surface area (Å²) in [5, 5.41) is 3.67. The van der Waals surface area contributed by atoms with E-state index in [1.54, 1.807) is 11.3 Å². The van der Waals surface area contributed by atoms with Crippen molar-refractivity contribution in [1.29, 1.82) is 0 Å². The molecule has 0 aromatic rings. The average Bonchev–Trinajstić information content (AvgIpc) is 2.34. The zero-order chi connectivity index (χ0) is 12.5. The Labute approximate surface area is 108 Å². The highest BCUT2D eigenvalue weighted by Crippen LogP contribution is 2.28. The first-order valence-electron chi connectivity index (χ1n) is 7.73. The number of rotatable bonds is 8. The van der Waals surface area contributed by atoms with Crippen LogP contribution >= 0.6 is 0 Å². The molecule has 0 saturated heterocycles. The van der Waals surface area contributed by atoms with Gasteiger partial charge in [-0.05, 0) is 38.5 Å². The van der Waals surface area contributed by atoms with Gasteiger partial charge < -0.3 is 5.32 Å². The van der Waals surface area contributed by atoms with E-state index in [0.717, 1.165) is 5.92 Å². The van der Waals surface area contributed by atoms with Gasteiger partial charge in [-0.25, -0.2) is 0 Å². The van der Waals surface area contributed by atoms with E-state index < -0.39 is 0 Å². The molecule has 1 N–H and O–H groups in total. The second kappa shape index (κ2) is 8.60. The van der Waals surface area contributed by atoms with Crippen LogP contribution in [-0.4, -0.2) is 6.54 Å². The number of allylic oxidation sites excluding steroid dienone is 2. The lowest BCUT2D eigenvalue weighted by atomic mass is 9.88. The molecule has 17 heavy (non-hydrogen) atoms. The minimum absolute atomic E-state index is 0.817. The molecule has 1 aliphatic heterocycles. The van der Waals surface area contributed by atoms with Gasteiger partial charge in [-0.1, -0.05) is 51.5 Å². The van der Waals surface area contributed by atoms with Crippen LogP contribution in [0.3, 0.4) is 0 Å². The molecule has 100 valence electrons. The first kappa shape index (κ1) is 14.6. The van der Waals surface area contributed by atoms with E-state index in [0.29, 0.717) is 0 Å². The number of nitrogens with one attached hydrogen (secondary N) is 1. The van der Waals surface area contributed by atoms with Crippen molar-refractivity contribution in [3.8, 4) is 0 Å². The van der Waals surface area contributed by atoms with Gasteiger partial charge in [0.2, 0.25) is 0 Å².